The molecule has 1 saturated heterocycles. The van der Waals surface area contributed by atoms with E-state index in [-0.39, 0.29) is 0 Å². The second-order valence-electron chi connectivity index (χ2n) is 5.94. The van der Waals surface area contributed by atoms with Gasteiger partial charge < -0.3 is 5.32 Å². The molecule has 2 rings (SSSR count). The van der Waals surface area contributed by atoms with Gasteiger partial charge in [0.2, 0.25) is 0 Å². The second kappa shape index (κ2) is 5.81. The topological polar surface area (TPSA) is 32.3 Å². The summed E-state index contributed by atoms with van der Waals surface area (Å²) < 4.78 is 11.3. The number of hydrogen-bond donors (Lipinski definition) is 1. The summed E-state index contributed by atoms with van der Waals surface area (Å²) in [4.78, 5) is 2.57. The van der Waals surface area contributed by atoms with Gasteiger partial charge in [0.1, 0.15) is 0 Å². The third-order valence-corrected chi connectivity index (χ3v) is 4.87. The van der Waals surface area contributed by atoms with Crippen LogP contribution in [0, 0.1) is 11.8 Å². The van der Waals surface area contributed by atoms with Crippen LogP contribution in [0.3, 0.4) is 0 Å². The van der Waals surface area contributed by atoms with E-state index in [2.05, 4.69) is 24.1 Å². The van der Waals surface area contributed by atoms with E-state index in [4.69, 9.17) is 0 Å². The van der Waals surface area contributed by atoms with Gasteiger partial charge in [-0.15, -0.1) is 0 Å². The summed E-state index contributed by atoms with van der Waals surface area (Å²) in [5, 5.41) is 3.71. The maximum atomic E-state index is 11.3. The zero-order valence-corrected chi connectivity index (χ0v) is 12.1. The first kappa shape index (κ1) is 13.5. The fraction of sp³-hybridized carbons (Fsp3) is 1.00. The molecule has 0 bridgehead atoms. The smallest absolute Gasteiger partial charge is 0.0359 e. The van der Waals surface area contributed by atoms with Gasteiger partial charge in [-0.2, -0.15) is 0 Å². The molecule has 0 amide bonds. The average molecular weight is 258 g/mol. The molecule has 1 N–H and O–H groups in total. The number of rotatable bonds is 5. The number of nitrogens with one attached hydrogen (secondary N) is 1. The Kier molecular flexibility index (Phi) is 4.61. The van der Waals surface area contributed by atoms with Crippen LogP contribution in [-0.4, -0.2) is 52.8 Å². The van der Waals surface area contributed by atoms with Gasteiger partial charge in [0.15, 0.2) is 0 Å². The number of hydrogen-bond acceptors (Lipinski definition) is 3. The van der Waals surface area contributed by atoms with E-state index in [1.54, 1.807) is 0 Å². The van der Waals surface area contributed by atoms with Gasteiger partial charge in [-0.25, -0.2) is 0 Å². The molecule has 4 heteroatoms. The van der Waals surface area contributed by atoms with Crippen LogP contribution in [0.4, 0.5) is 0 Å². The first-order chi connectivity index (χ1) is 8.08. The Bertz CT molecular complexity index is 279. The van der Waals surface area contributed by atoms with E-state index in [9.17, 15) is 4.21 Å². The van der Waals surface area contributed by atoms with Crippen LogP contribution in [0.2, 0.25) is 0 Å². The molecule has 0 spiro atoms. The fourth-order valence-electron chi connectivity index (χ4n) is 2.83. The summed E-state index contributed by atoms with van der Waals surface area (Å²) in [6.07, 6.45) is 4.61. The van der Waals surface area contributed by atoms with Gasteiger partial charge in [0.25, 0.3) is 0 Å². The lowest BCUT2D eigenvalue weighted by molar-refractivity contribution is 0.0991. The minimum atomic E-state index is -0.664. The third kappa shape index (κ3) is 3.76. The highest BCUT2D eigenvalue weighted by Gasteiger charge is 2.37. The van der Waals surface area contributed by atoms with Crippen LogP contribution in [0.15, 0.2) is 0 Å². The first-order valence-electron chi connectivity index (χ1n) is 6.85. The zero-order valence-electron chi connectivity index (χ0n) is 11.3. The van der Waals surface area contributed by atoms with Crippen LogP contribution in [0.25, 0.3) is 0 Å². The van der Waals surface area contributed by atoms with E-state index in [0.29, 0.717) is 18.0 Å². The second-order valence-corrected chi connectivity index (χ2v) is 7.49. The molecular formula is C13H26N2OS. The molecule has 1 aliphatic carbocycles. The Labute approximate surface area is 108 Å². The molecule has 1 saturated carbocycles. The van der Waals surface area contributed by atoms with Crippen molar-refractivity contribution in [3.05, 3.63) is 0 Å². The summed E-state index contributed by atoms with van der Waals surface area (Å²) in [5.41, 5.74) is 0. The van der Waals surface area contributed by atoms with Gasteiger partial charge >= 0.3 is 0 Å². The maximum absolute atomic E-state index is 11.3. The van der Waals surface area contributed by atoms with E-state index in [1.807, 2.05) is 6.26 Å². The lowest BCUT2D eigenvalue weighted by Gasteiger charge is -2.42. The molecular weight excluding hydrogens is 232 g/mol. The van der Waals surface area contributed by atoms with Crippen LogP contribution in [0.1, 0.15) is 26.7 Å². The Morgan fingerprint density at radius 3 is 2.65 bits per heavy atom. The molecule has 17 heavy (non-hydrogen) atoms. The predicted octanol–water partition coefficient (Wildman–Crippen LogP) is 1.07. The average Bonchev–Trinajstić information content (AvgIpc) is 3.09. The van der Waals surface area contributed by atoms with Crippen molar-refractivity contribution in [1.29, 1.82) is 0 Å². The van der Waals surface area contributed by atoms with Crippen LogP contribution < -0.4 is 5.32 Å². The lowest BCUT2D eigenvalue weighted by atomic mass is 9.97. The minimum Gasteiger partial charge on any atom is -0.311 e. The van der Waals surface area contributed by atoms with Crippen molar-refractivity contribution >= 4 is 10.8 Å². The maximum Gasteiger partial charge on any atom is 0.0359 e. The van der Waals surface area contributed by atoms with Crippen molar-refractivity contribution in [3.8, 4) is 0 Å². The van der Waals surface area contributed by atoms with Crippen molar-refractivity contribution in [2.75, 3.05) is 31.6 Å². The van der Waals surface area contributed by atoms with E-state index < -0.39 is 10.8 Å². The van der Waals surface area contributed by atoms with Crippen molar-refractivity contribution in [2.24, 2.45) is 11.8 Å². The van der Waals surface area contributed by atoms with Crippen LogP contribution in [-0.2, 0) is 10.8 Å². The highest BCUT2D eigenvalue weighted by atomic mass is 32.2. The van der Waals surface area contributed by atoms with Gasteiger partial charge in [0.05, 0.1) is 0 Å². The van der Waals surface area contributed by atoms with Crippen molar-refractivity contribution in [3.63, 3.8) is 0 Å². The standard InChI is InChI=1S/C13H26N2OS/c1-10(2)13-8-14-12(11-4-5-11)9-15(13)6-7-17(3)16/h10-14H,4-9H2,1-3H3. The largest absolute Gasteiger partial charge is 0.311 e. The number of piperazine rings is 1. The van der Waals surface area contributed by atoms with E-state index in [1.165, 1.54) is 12.8 Å². The van der Waals surface area contributed by atoms with Gasteiger partial charge in [-0.3, -0.25) is 9.11 Å². The van der Waals surface area contributed by atoms with Crippen LogP contribution in [0.5, 0.6) is 0 Å². The third-order valence-electron chi connectivity index (χ3n) is 4.12. The normalized spacial score (nSPS) is 32.9. The Morgan fingerprint density at radius 2 is 2.12 bits per heavy atom. The summed E-state index contributed by atoms with van der Waals surface area (Å²) in [6, 6.07) is 1.31. The van der Waals surface area contributed by atoms with E-state index >= 15 is 0 Å². The van der Waals surface area contributed by atoms with Crippen LogP contribution >= 0.6 is 0 Å². The molecule has 2 aliphatic rings. The van der Waals surface area contributed by atoms with Crippen molar-refractivity contribution < 1.29 is 4.21 Å². The molecule has 3 unspecified atom stereocenters. The van der Waals surface area contributed by atoms with E-state index in [0.717, 1.165) is 31.3 Å². The molecule has 1 heterocycles. The predicted molar refractivity (Wildman–Crippen MR) is 73.6 cm³/mol. The number of nitrogens with zero attached hydrogens (tertiary/aromatic N) is 1. The molecule has 0 aromatic rings. The van der Waals surface area contributed by atoms with Gasteiger partial charge in [-0.05, 0) is 24.7 Å². The Hall–Kier alpha value is 0.0700. The fourth-order valence-corrected chi connectivity index (χ4v) is 3.32. The van der Waals surface area contributed by atoms with Crippen molar-refractivity contribution in [1.82, 2.24) is 10.2 Å². The summed E-state index contributed by atoms with van der Waals surface area (Å²) in [5.74, 6) is 2.41. The summed E-state index contributed by atoms with van der Waals surface area (Å²) >= 11 is 0. The molecule has 100 valence electrons. The van der Waals surface area contributed by atoms with Gasteiger partial charge in [-0.1, -0.05) is 13.8 Å². The summed E-state index contributed by atoms with van der Waals surface area (Å²) in [6.45, 7) is 7.84. The summed E-state index contributed by atoms with van der Waals surface area (Å²) in [7, 11) is -0.664. The molecule has 3 nitrogen and oxygen atoms in total. The Morgan fingerprint density at radius 1 is 1.41 bits per heavy atom. The molecule has 2 fully saturated rings. The molecule has 0 radical (unpaired) electrons. The highest BCUT2D eigenvalue weighted by Crippen LogP contribution is 2.34. The Balaban J connectivity index is 1.91. The highest BCUT2D eigenvalue weighted by molar-refractivity contribution is 7.84. The van der Waals surface area contributed by atoms with Gasteiger partial charge in [0, 0.05) is 54.5 Å². The molecule has 0 aromatic heterocycles. The molecule has 1 aliphatic heterocycles. The minimum absolute atomic E-state index is 0.619. The lowest BCUT2D eigenvalue weighted by Crippen LogP contribution is -2.59. The zero-order chi connectivity index (χ0) is 12.4. The monoisotopic (exact) mass is 258 g/mol. The first-order valence-corrected chi connectivity index (χ1v) is 8.58. The quantitative estimate of drug-likeness (QED) is 0.801. The SMILES string of the molecule is CC(C)C1CNC(C2CC2)CN1CCS(C)=O. The van der Waals surface area contributed by atoms with Crippen molar-refractivity contribution in [2.45, 2.75) is 38.8 Å². The molecule has 3 atom stereocenters. The molecule has 0 aromatic carbocycles.